The zero-order valence-electron chi connectivity index (χ0n) is 6.40. The summed E-state index contributed by atoms with van der Waals surface area (Å²) < 4.78 is 0.917. The Hall–Kier alpha value is -0.310. The first-order chi connectivity index (χ1) is 4.52. The molecule has 0 unspecified atom stereocenters. The highest BCUT2D eigenvalue weighted by Crippen LogP contribution is 2.25. The van der Waals surface area contributed by atoms with Gasteiger partial charge in [0, 0.05) is 5.41 Å². The number of imidazole rings is 1. The van der Waals surface area contributed by atoms with E-state index in [1.165, 1.54) is 0 Å². The second-order valence-corrected chi connectivity index (χ2v) is 4.07. The van der Waals surface area contributed by atoms with Gasteiger partial charge in [-0.25, -0.2) is 4.98 Å². The molecule has 1 heterocycles. The van der Waals surface area contributed by atoms with E-state index < -0.39 is 0 Å². The van der Waals surface area contributed by atoms with E-state index in [2.05, 4.69) is 46.7 Å². The maximum Gasteiger partial charge on any atom is 0.127 e. The van der Waals surface area contributed by atoms with E-state index in [4.69, 9.17) is 0 Å². The van der Waals surface area contributed by atoms with E-state index in [-0.39, 0.29) is 5.41 Å². The van der Waals surface area contributed by atoms with Crippen LogP contribution in [0.25, 0.3) is 0 Å². The van der Waals surface area contributed by atoms with Crippen molar-refractivity contribution in [3.63, 3.8) is 0 Å². The summed E-state index contributed by atoms with van der Waals surface area (Å²) >= 11 is 3.36. The molecule has 56 valence electrons. The van der Waals surface area contributed by atoms with E-state index in [1.54, 1.807) is 6.33 Å². The Kier molecular flexibility index (Phi) is 1.86. The van der Waals surface area contributed by atoms with Crippen molar-refractivity contribution in [1.29, 1.82) is 0 Å². The zero-order valence-corrected chi connectivity index (χ0v) is 7.99. The Balaban J connectivity index is 3.05. The van der Waals surface area contributed by atoms with Crippen molar-refractivity contribution in [2.45, 2.75) is 26.2 Å². The molecule has 0 aliphatic carbocycles. The van der Waals surface area contributed by atoms with Gasteiger partial charge in [-0.05, 0) is 15.9 Å². The molecule has 10 heavy (non-hydrogen) atoms. The summed E-state index contributed by atoms with van der Waals surface area (Å²) in [7, 11) is 0. The quantitative estimate of drug-likeness (QED) is 0.689. The van der Waals surface area contributed by atoms with Gasteiger partial charge < -0.3 is 4.98 Å². The van der Waals surface area contributed by atoms with Crippen LogP contribution in [0, 0.1) is 0 Å². The number of nitrogens with zero attached hydrogens (tertiary/aromatic N) is 1. The van der Waals surface area contributed by atoms with Crippen LogP contribution in [0.15, 0.2) is 10.9 Å². The van der Waals surface area contributed by atoms with Crippen molar-refractivity contribution in [2.24, 2.45) is 0 Å². The number of nitrogens with one attached hydrogen (secondary N) is 1. The third kappa shape index (κ3) is 1.40. The molecule has 1 aromatic rings. The number of hydrogen-bond donors (Lipinski definition) is 1. The fraction of sp³-hybridized carbons (Fsp3) is 0.571. The molecule has 0 fully saturated rings. The maximum atomic E-state index is 4.04. The lowest BCUT2D eigenvalue weighted by Gasteiger charge is -2.15. The summed E-state index contributed by atoms with van der Waals surface area (Å²) in [6, 6.07) is 0. The number of halogens is 1. The third-order valence-electron chi connectivity index (χ3n) is 1.34. The first-order valence-corrected chi connectivity index (χ1v) is 4.00. The molecule has 0 saturated heterocycles. The van der Waals surface area contributed by atoms with Gasteiger partial charge in [-0.15, -0.1) is 0 Å². The van der Waals surface area contributed by atoms with E-state index in [9.17, 15) is 0 Å². The first-order valence-electron chi connectivity index (χ1n) is 3.21. The maximum absolute atomic E-state index is 4.04. The predicted molar refractivity (Wildman–Crippen MR) is 45.0 cm³/mol. The lowest BCUT2D eigenvalue weighted by Crippen LogP contribution is -2.12. The Morgan fingerprint density at radius 2 is 2.10 bits per heavy atom. The van der Waals surface area contributed by atoms with Crippen LogP contribution in [-0.2, 0) is 5.41 Å². The Labute approximate surface area is 69.2 Å². The van der Waals surface area contributed by atoms with Gasteiger partial charge in [0.2, 0.25) is 0 Å². The van der Waals surface area contributed by atoms with Crippen LogP contribution in [0.1, 0.15) is 26.5 Å². The topological polar surface area (TPSA) is 28.7 Å². The molecule has 0 atom stereocenters. The van der Waals surface area contributed by atoms with E-state index in [0.29, 0.717) is 0 Å². The predicted octanol–water partition coefficient (Wildman–Crippen LogP) is 2.47. The average molecular weight is 203 g/mol. The average Bonchev–Trinajstić information content (AvgIpc) is 2.11. The van der Waals surface area contributed by atoms with Crippen molar-refractivity contribution in [3.05, 3.63) is 16.6 Å². The molecule has 0 spiro atoms. The summed E-state index contributed by atoms with van der Waals surface area (Å²) in [5, 5.41) is 0. The summed E-state index contributed by atoms with van der Waals surface area (Å²) in [6.45, 7) is 6.43. The fourth-order valence-corrected chi connectivity index (χ4v) is 1.62. The van der Waals surface area contributed by atoms with Crippen LogP contribution in [-0.4, -0.2) is 9.97 Å². The molecule has 3 heteroatoms. The van der Waals surface area contributed by atoms with Gasteiger partial charge in [-0.3, -0.25) is 0 Å². The summed E-state index contributed by atoms with van der Waals surface area (Å²) in [5.41, 5.74) is 1.29. The monoisotopic (exact) mass is 202 g/mol. The third-order valence-corrected chi connectivity index (χ3v) is 1.94. The van der Waals surface area contributed by atoms with Crippen LogP contribution in [0.5, 0.6) is 0 Å². The standard InChI is InChI=1S/C7H11BrN2/c1-7(2,3)5-6(8)10-4-9-5/h4H,1-3H3,(H,9,10). The smallest absolute Gasteiger partial charge is 0.127 e. The molecule has 0 aliphatic heterocycles. The van der Waals surface area contributed by atoms with Crippen molar-refractivity contribution in [2.75, 3.05) is 0 Å². The first kappa shape index (κ1) is 7.79. The van der Waals surface area contributed by atoms with Crippen LogP contribution >= 0.6 is 15.9 Å². The van der Waals surface area contributed by atoms with Crippen molar-refractivity contribution >= 4 is 15.9 Å². The number of rotatable bonds is 0. The lowest BCUT2D eigenvalue weighted by molar-refractivity contribution is 0.569. The highest BCUT2D eigenvalue weighted by atomic mass is 79.9. The van der Waals surface area contributed by atoms with Gasteiger partial charge in [0.05, 0.1) is 12.0 Å². The van der Waals surface area contributed by atoms with Crippen LogP contribution < -0.4 is 0 Å². The van der Waals surface area contributed by atoms with E-state index in [1.807, 2.05) is 0 Å². The Bertz CT molecular complexity index is 222. The van der Waals surface area contributed by atoms with Gasteiger partial charge in [0.15, 0.2) is 0 Å². The SMILES string of the molecule is CC(C)(C)c1[nH]cnc1Br. The molecule has 0 bridgehead atoms. The second kappa shape index (κ2) is 2.38. The Morgan fingerprint density at radius 1 is 1.50 bits per heavy atom. The summed E-state index contributed by atoms with van der Waals surface area (Å²) in [6.07, 6.45) is 1.70. The van der Waals surface area contributed by atoms with Crippen molar-refractivity contribution in [1.82, 2.24) is 9.97 Å². The highest BCUT2D eigenvalue weighted by molar-refractivity contribution is 9.10. The lowest BCUT2D eigenvalue weighted by atomic mass is 9.93. The molecule has 0 radical (unpaired) electrons. The minimum absolute atomic E-state index is 0.148. The molecule has 1 rings (SSSR count). The van der Waals surface area contributed by atoms with Crippen molar-refractivity contribution in [3.8, 4) is 0 Å². The highest BCUT2D eigenvalue weighted by Gasteiger charge is 2.18. The number of aromatic nitrogens is 2. The van der Waals surface area contributed by atoms with Crippen LogP contribution in [0.4, 0.5) is 0 Å². The normalized spacial score (nSPS) is 12.0. The number of aromatic amines is 1. The van der Waals surface area contributed by atoms with Crippen LogP contribution in [0.2, 0.25) is 0 Å². The molecule has 2 nitrogen and oxygen atoms in total. The molecule has 0 amide bonds. The van der Waals surface area contributed by atoms with Gasteiger partial charge in [0.25, 0.3) is 0 Å². The molecule has 0 aromatic carbocycles. The van der Waals surface area contributed by atoms with Crippen molar-refractivity contribution < 1.29 is 0 Å². The molecule has 1 aromatic heterocycles. The fourth-order valence-electron chi connectivity index (χ4n) is 0.804. The molecular formula is C7H11BrN2. The van der Waals surface area contributed by atoms with E-state index >= 15 is 0 Å². The molecular weight excluding hydrogens is 192 g/mol. The summed E-state index contributed by atoms with van der Waals surface area (Å²) in [4.78, 5) is 7.13. The Morgan fingerprint density at radius 3 is 2.30 bits per heavy atom. The minimum atomic E-state index is 0.148. The van der Waals surface area contributed by atoms with E-state index in [0.717, 1.165) is 10.3 Å². The largest absolute Gasteiger partial charge is 0.347 e. The minimum Gasteiger partial charge on any atom is -0.347 e. The molecule has 0 aliphatic rings. The number of hydrogen-bond acceptors (Lipinski definition) is 1. The van der Waals surface area contributed by atoms with Gasteiger partial charge in [-0.2, -0.15) is 0 Å². The zero-order chi connectivity index (χ0) is 7.78. The van der Waals surface area contributed by atoms with Gasteiger partial charge in [-0.1, -0.05) is 20.8 Å². The number of H-pyrrole nitrogens is 1. The van der Waals surface area contributed by atoms with Crippen LogP contribution in [0.3, 0.4) is 0 Å². The van der Waals surface area contributed by atoms with Gasteiger partial charge >= 0.3 is 0 Å². The van der Waals surface area contributed by atoms with Gasteiger partial charge in [0.1, 0.15) is 4.60 Å². The second-order valence-electron chi connectivity index (χ2n) is 3.32. The summed E-state index contributed by atoms with van der Waals surface area (Å²) in [5.74, 6) is 0. The molecule has 1 N–H and O–H groups in total. The molecule has 0 saturated carbocycles.